The summed E-state index contributed by atoms with van der Waals surface area (Å²) >= 11 is 11.9. The number of ether oxygens (including phenoxy) is 2. The van der Waals surface area contributed by atoms with Crippen molar-refractivity contribution in [2.75, 3.05) is 12.0 Å². The number of anilines is 1. The lowest BCUT2D eigenvalue weighted by Crippen LogP contribution is -2.32. The Morgan fingerprint density at radius 2 is 1.74 bits per heavy atom. The number of fused-ring (bicyclic) bond motifs is 2. The molecule has 0 spiro atoms. The van der Waals surface area contributed by atoms with Crippen LogP contribution < -0.4 is 19.2 Å². The molecular formula is C28H20BrClN2O5S2. The minimum Gasteiger partial charge on any atom is -0.497 e. The fourth-order valence-corrected chi connectivity index (χ4v) is 7.98. The number of halogens is 2. The largest absolute Gasteiger partial charge is 0.497 e. The number of rotatable bonds is 6. The van der Waals surface area contributed by atoms with E-state index in [0.717, 1.165) is 31.8 Å². The van der Waals surface area contributed by atoms with E-state index in [9.17, 15) is 14.4 Å². The van der Waals surface area contributed by atoms with Crippen LogP contribution in [0.2, 0.25) is 5.02 Å². The molecule has 0 aliphatic carbocycles. The summed E-state index contributed by atoms with van der Waals surface area (Å²) < 4.78 is 12.3. The van der Waals surface area contributed by atoms with E-state index >= 15 is 0 Å². The molecule has 3 aromatic carbocycles. The molecule has 0 unspecified atom stereocenters. The third-order valence-electron chi connectivity index (χ3n) is 6.77. The third-order valence-corrected chi connectivity index (χ3v) is 9.92. The number of hydrogen-bond donors (Lipinski definition) is 1. The minimum atomic E-state index is -0.726. The summed E-state index contributed by atoms with van der Waals surface area (Å²) in [7, 11) is 1.56. The number of nitrogens with one attached hydrogen (secondary N) is 1. The Morgan fingerprint density at radius 1 is 1.00 bits per heavy atom. The molecule has 2 amide bonds. The van der Waals surface area contributed by atoms with Crippen molar-refractivity contribution in [1.29, 1.82) is 0 Å². The van der Waals surface area contributed by atoms with Gasteiger partial charge < -0.3 is 14.5 Å². The number of nitrogens with zero attached hydrogens (tertiary/aromatic N) is 1. The molecule has 0 saturated carbocycles. The fourth-order valence-electron chi connectivity index (χ4n) is 4.97. The second-order valence-electron chi connectivity index (χ2n) is 9.06. The van der Waals surface area contributed by atoms with Gasteiger partial charge in [-0.15, -0.1) is 0 Å². The molecule has 11 heteroatoms. The van der Waals surface area contributed by atoms with Crippen molar-refractivity contribution in [2.24, 2.45) is 5.92 Å². The molecule has 0 bridgehead atoms. The first-order valence-corrected chi connectivity index (χ1v) is 14.8. The summed E-state index contributed by atoms with van der Waals surface area (Å²) in [6.07, 6.45) is 0. The van der Waals surface area contributed by atoms with Crippen molar-refractivity contribution < 1.29 is 19.1 Å². The van der Waals surface area contributed by atoms with Crippen molar-refractivity contribution in [3.8, 4) is 11.5 Å². The maximum atomic E-state index is 14.0. The van der Waals surface area contributed by atoms with Gasteiger partial charge in [0.05, 0.1) is 23.7 Å². The van der Waals surface area contributed by atoms with E-state index in [0.29, 0.717) is 27.2 Å². The van der Waals surface area contributed by atoms with Gasteiger partial charge in [-0.1, -0.05) is 62.8 Å². The zero-order valence-electron chi connectivity index (χ0n) is 20.4. The lowest BCUT2D eigenvalue weighted by atomic mass is 9.82. The Kier molecular flexibility index (Phi) is 7.05. The zero-order valence-corrected chi connectivity index (χ0v) is 24.3. The Balaban J connectivity index is 1.43. The van der Waals surface area contributed by atoms with Gasteiger partial charge in [-0.2, -0.15) is 0 Å². The number of methoxy groups -OCH3 is 1. The maximum absolute atomic E-state index is 14.0. The molecule has 1 saturated heterocycles. The van der Waals surface area contributed by atoms with E-state index in [1.807, 2.05) is 30.3 Å². The Labute approximate surface area is 245 Å². The standard InChI is InChI=1S/C28H20BrClN2O5S2/c1-36-18-9-7-17(8-10-18)32-26(33)22-21(23-25(31-28(35)39-23)38-24(22)27(32)34)19-12-15(29)4-11-20(19)37-13-14-2-5-16(30)6-3-14/h2-12,21-22,24H,13H2,1H3,(H,31,35)/t21-,22-,24+/m0/s1. The second kappa shape index (κ2) is 10.5. The van der Waals surface area contributed by atoms with Gasteiger partial charge in [-0.3, -0.25) is 14.4 Å². The molecule has 39 heavy (non-hydrogen) atoms. The zero-order chi connectivity index (χ0) is 27.3. The summed E-state index contributed by atoms with van der Waals surface area (Å²) in [4.78, 5) is 44.8. The Bertz CT molecular complexity index is 1640. The number of carbonyl (C=O) groups is 2. The molecule has 198 valence electrons. The molecule has 6 rings (SSSR count). The highest BCUT2D eigenvalue weighted by Crippen LogP contribution is 2.54. The SMILES string of the molecule is COc1ccc(N2C(=O)[C@H]3[C@H](c4cc(Br)ccc4OCc4ccc(Cl)cc4)c4sc(=O)[nH]c4S[C@H]3C2=O)cc1. The van der Waals surface area contributed by atoms with E-state index in [-0.39, 0.29) is 23.3 Å². The molecule has 0 radical (unpaired) electrons. The number of imide groups is 1. The van der Waals surface area contributed by atoms with Gasteiger partial charge in [0.25, 0.3) is 0 Å². The third kappa shape index (κ3) is 4.80. The topological polar surface area (TPSA) is 88.7 Å². The Morgan fingerprint density at radius 3 is 2.46 bits per heavy atom. The smallest absolute Gasteiger partial charge is 0.305 e. The van der Waals surface area contributed by atoms with Crippen LogP contribution in [-0.2, 0) is 16.2 Å². The van der Waals surface area contributed by atoms with E-state index in [1.165, 1.54) is 16.7 Å². The van der Waals surface area contributed by atoms with Gasteiger partial charge in [0, 0.05) is 25.9 Å². The highest BCUT2D eigenvalue weighted by molar-refractivity contribution is 9.10. The fraction of sp³-hybridized carbons (Fsp3) is 0.179. The number of benzene rings is 3. The first-order chi connectivity index (χ1) is 18.8. The molecule has 7 nitrogen and oxygen atoms in total. The molecule has 1 aromatic heterocycles. The van der Waals surface area contributed by atoms with Crippen LogP contribution in [0.25, 0.3) is 0 Å². The van der Waals surface area contributed by atoms with Crippen molar-refractivity contribution >= 4 is 68.1 Å². The van der Waals surface area contributed by atoms with Crippen LogP contribution in [0.1, 0.15) is 21.9 Å². The molecular weight excluding hydrogens is 624 g/mol. The molecule has 1 N–H and O–H groups in total. The summed E-state index contributed by atoms with van der Waals surface area (Å²) in [5.41, 5.74) is 2.13. The molecule has 4 aromatic rings. The normalized spacial score (nSPS) is 20.1. The highest BCUT2D eigenvalue weighted by atomic mass is 79.9. The van der Waals surface area contributed by atoms with E-state index in [2.05, 4.69) is 20.9 Å². The number of thioether (sulfide) groups is 1. The minimum absolute atomic E-state index is 0.233. The van der Waals surface area contributed by atoms with Crippen LogP contribution in [0.5, 0.6) is 11.5 Å². The number of H-pyrrole nitrogens is 1. The van der Waals surface area contributed by atoms with Crippen molar-refractivity contribution in [1.82, 2.24) is 4.98 Å². The van der Waals surface area contributed by atoms with Gasteiger partial charge in [0.1, 0.15) is 23.4 Å². The number of aromatic amines is 1. The van der Waals surface area contributed by atoms with E-state index in [4.69, 9.17) is 21.1 Å². The number of carbonyl (C=O) groups excluding carboxylic acids is 2. The van der Waals surface area contributed by atoms with Crippen LogP contribution in [-0.4, -0.2) is 29.2 Å². The quantitative estimate of drug-likeness (QED) is 0.251. The number of amides is 2. The van der Waals surface area contributed by atoms with Crippen LogP contribution in [0, 0.1) is 5.92 Å². The number of thiazole rings is 1. The van der Waals surface area contributed by atoms with Crippen molar-refractivity contribution in [3.05, 3.63) is 102 Å². The van der Waals surface area contributed by atoms with Gasteiger partial charge in [0.2, 0.25) is 11.8 Å². The first-order valence-electron chi connectivity index (χ1n) is 11.9. The van der Waals surface area contributed by atoms with Crippen molar-refractivity contribution in [3.63, 3.8) is 0 Å². The van der Waals surface area contributed by atoms with Gasteiger partial charge in [0.15, 0.2) is 0 Å². The molecule has 2 aliphatic rings. The van der Waals surface area contributed by atoms with E-state index in [1.54, 1.807) is 43.5 Å². The summed E-state index contributed by atoms with van der Waals surface area (Å²) in [5.74, 6) is -0.731. The van der Waals surface area contributed by atoms with Gasteiger partial charge in [-0.25, -0.2) is 4.90 Å². The maximum Gasteiger partial charge on any atom is 0.305 e. The predicted octanol–water partition coefficient (Wildman–Crippen LogP) is 6.24. The summed E-state index contributed by atoms with van der Waals surface area (Å²) in [6.45, 7) is 0.280. The predicted molar refractivity (Wildman–Crippen MR) is 155 cm³/mol. The first kappa shape index (κ1) is 26.2. The number of aromatic nitrogens is 1. The average Bonchev–Trinajstić information content (AvgIpc) is 3.43. The highest BCUT2D eigenvalue weighted by Gasteiger charge is 2.56. The molecule has 3 atom stereocenters. The van der Waals surface area contributed by atoms with Crippen LogP contribution in [0.15, 0.2) is 81.0 Å². The molecule has 1 fully saturated rings. The van der Waals surface area contributed by atoms with Gasteiger partial charge in [-0.05, 0) is 60.2 Å². The second-order valence-corrected chi connectivity index (χ2v) is 12.6. The monoisotopic (exact) mass is 642 g/mol. The Hall–Kier alpha value is -3.05. The lowest BCUT2D eigenvalue weighted by molar-refractivity contribution is -0.122. The van der Waals surface area contributed by atoms with Crippen LogP contribution in [0.4, 0.5) is 5.69 Å². The summed E-state index contributed by atoms with van der Waals surface area (Å²) in [5, 5.41) is 0.539. The molecule has 3 heterocycles. The number of hydrogen-bond acceptors (Lipinski definition) is 7. The van der Waals surface area contributed by atoms with Crippen molar-refractivity contribution in [2.45, 2.75) is 22.8 Å². The summed E-state index contributed by atoms with van der Waals surface area (Å²) in [6, 6.07) is 19.8. The average molecular weight is 644 g/mol. The van der Waals surface area contributed by atoms with Crippen LogP contribution in [0.3, 0.4) is 0 Å². The van der Waals surface area contributed by atoms with Gasteiger partial charge >= 0.3 is 4.87 Å². The molecule has 2 aliphatic heterocycles. The lowest BCUT2D eigenvalue weighted by Gasteiger charge is -2.31. The van der Waals surface area contributed by atoms with Crippen LogP contribution >= 0.6 is 50.6 Å². The van der Waals surface area contributed by atoms with E-state index < -0.39 is 17.1 Å².